The van der Waals surface area contributed by atoms with Crippen LogP contribution in [0.3, 0.4) is 0 Å². The molecule has 2 rings (SSSR count). The second-order valence-corrected chi connectivity index (χ2v) is 6.86. The molecule has 2 heterocycles. The van der Waals surface area contributed by atoms with Crippen molar-refractivity contribution in [3.8, 4) is 0 Å². The number of primary amides is 1. The molecule has 1 aliphatic heterocycles. The van der Waals surface area contributed by atoms with Gasteiger partial charge in [-0.1, -0.05) is 0 Å². The molecular weight excluding hydrogens is 320 g/mol. The lowest BCUT2D eigenvalue weighted by Gasteiger charge is -2.31. The van der Waals surface area contributed by atoms with E-state index in [1.807, 2.05) is 14.0 Å². The number of hydrogen-bond acceptors (Lipinski definition) is 4. The van der Waals surface area contributed by atoms with Crippen LogP contribution in [0.25, 0.3) is 0 Å². The van der Waals surface area contributed by atoms with Gasteiger partial charge in [-0.2, -0.15) is 5.10 Å². The number of likely N-dealkylation sites (tertiary alicyclic amines) is 1. The van der Waals surface area contributed by atoms with E-state index in [9.17, 15) is 9.59 Å². The van der Waals surface area contributed by atoms with Crippen LogP contribution in [0.15, 0.2) is 6.20 Å². The van der Waals surface area contributed by atoms with Gasteiger partial charge in [0.15, 0.2) is 0 Å². The molecular formula is C17H30N6O2. The van der Waals surface area contributed by atoms with Crippen molar-refractivity contribution in [2.45, 2.75) is 32.7 Å². The Bertz CT molecular complexity index is 600. The number of urea groups is 1. The molecule has 0 radical (unpaired) electrons. The fraction of sp³-hybridized carbons (Fsp3) is 0.706. The summed E-state index contributed by atoms with van der Waals surface area (Å²) in [6.45, 7) is 5.76. The van der Waals surface area contributed by atoms with Gasteiger partial charge in [-0.15, -0.1) is 0 Å². The van der Waals surface area contributed by atoms with Crippen molar-refractivity contribution in [2.75, 3.05) is 33.2 Å². The van der Waals surface area contributed by atoms with Crippen molar-refractivity contribution in [2.24, 2.45) is 18.7 Å². The Morgan fingerprint density at radius 3 is 2.88 bits per heavy atom. The molecule has 140 valence electrons. The largest absolute Gasteiger partial charge is 0.369 e. The van der Waals surface area contributed by atoms with Crippen molar-refractivity contribution in [1.82, 2.24) is 24.9 Å². The van der Waals surface area contributed by atoms with Crippen LogP contribution in [0.5, 0.6) is 0 Å². The molecule has 0 aliphatic carbocycles. The van der Waals surface area contributed by atoms with E-state index in [1.165, 1.54) is 0 Å². The number of aryl methyl sites for hydroxylation is 1. The van der Waals surface area contributed by atoms with Crippen LogP contribution in [-0.4, -0.2) is 64.7 Å². The van der Waals surface area contributed by atoms with Gasteiger partial charge >= 0.3 is 6.03 Å². The summed E-state index contributed by atoms with van der Waals surface area (Å²) in [7, 11) is 3.67. The molecule has 8 nitrogen and oxygen atoms in total. The first-order valence-electron chi connectivity index (χ1n) is 8.86. The number of hydrogen-bond donors (Lipinski definition) is 2. The molecule has 0 spiro atoms. The van der Waals surface area contributed by atoms with E-state index in [2.05, 4.69) is 15.3 Å². The molecule has 1 atom stereocenters. The predicted octanol–water partition coefficient (Wildman–Crippen LogP) is 0.457. The highest BCUT2D eigenvalue weighted by Gasteiger charge is 2.23. The summed E-state index contributed by atoms with van der Waals surface area (Å²) < 4.78 is 1.80. The van der Waals surface area contributed by atoms with Gasteiger partial charge in [-0.25, -0.2) is 4.79 Å². The average Bonchev–Trinajstić information content (AvgIpc) is 2.90. The normalized spacial score (nSPS) is 18.1. The topological polar surface area (TPSA) is 96.5 Å². The number of nitrogens with one attached hydrogen (secondary N) is 1. The molecule has 8 heteroatoms. The first kappa shape index (κ1) is 19.2. The Morgan fingerprint density at radius 1 is 1.48 bits per heavy atom. The maximum Gasteiger partial charge on any atom is 0.317 e. The lowest BCUT2D eigenvalue weighted by atomic mass is 9.97. The third-order valence-corrected chi connectivity index (χ3v) is 4.93. The van der Waals surface area contributed by atoms with E-state index >= 15 is 0 Å². The van der Waals surface area contributed by atoms with E-state index in [0.717, 1.165) is 50.2 Å². The lowest BCUT2D eigenvalue weighted by molar-refractivity contribution is -0.123. The molecule has 0 unspecified atom stereocenters. The van der Waals surface area contributed by atoms with Crippen LogP contribution < -0.4 is 11.1 Å². The zero-order chi connectivity index (χ0) is 18.4. The Hall–Kier alpha value is -2.09. The van der Waals surface area contributed by atoms with Crippen molar-refractivity contribution in [3.63, 3.8) is 0 Å². The predicted molar refractivity (Wildman–Crippen MR) is 95.8 cm³/mol. The van der Waals surface area contributed by atoms with E-state index in [-0.39, 0.29) is 17.9 Å². The molecule has 0 bridgehead atoms. The number of nitrogens with zero attached hydrogens (tertiary/aromatic N) is 4. The van der Waals surface area contributed by atoms with Crippen LogP contribution >= 0.6 is 0 Å². The Balaban J connectivity index is 1.66. The monoisotopic (exact) mass is 350 g/mol. The minimum Gasteiger partial charge on any atom is -0.369 e. The number of carbonyl (C=O) groups excluding carboxylic acids is 2. The lowest BCUT2D eigenvalue weighted by Crippen LogP contribution is -2.42. The molecule has 1 aliphatic rings. The zero-order valence-electron chi connectivity index (χ0n) is 15.5. The molecule has 1 saturated heterocycles. The minimum atomic E-state index is -0.203. The molecule has 1 aromatic heterocycles. The Labute approximate surface area is 149 Å². The van der Waals surface area contributed by atoms with Crippen LogP contribution in [0.2, 0.25) is 0 Å². The van der Waals surface area contributed by atoms with E-state index in [1.54, 1.807) is 22.8 Å². The van der Waals surface area contributed by atoms with Gasteiger partial charge in [0.05, 0.1) is 18.7 Å². The van der Waals surface area contributed by atoms with Gasteiger partial charge in [-0.05, 0) is 39.3 Å². The van der Waals surface area contributed by atoms with Crippen LogP contribution in [0.1, 0.15) is 30.5 Å². The molecule has 3 N–H and O–H groups in total. The zero-order valence-corrected chi connectivity index (χ0v) is 15.5. The van der Waals surface area contributed by atoms with Gasteiger partial charge in [0.25, 0.3) is 0 Å². The van der Waals surface area contributed by atoms with Gasteiger partial charge in [0.2, 0.25) is 5.91 Å². The van der Waals surface area contributed by atoms with Crippen LogP contribution in [0, 0.1) is 12.8 Å². The standard InChI is InChI=1S/C17H30N6O2/c1-13-15(10-20-22(13)3)11-21(2)17(25)19-7-5-9-23-8-4-6-14(12-23)16(18)24/h10,14H,4-9,11-12H2,1-3H3,(H2,18,24)(H,19,25)/t14-/m0/s1. The van der Waals surface area contributed by atoms with Crippen LogP contribution in [0.4, 0.5) is 4.79 Å². The Morgan fingerprint density at radius 2 is 2.24 bits per heavy atom. The highest BCUT2D eigenvalue weighted by Crippen LogP contribution is 2.15. The summed E-state index contributed by atoms with van der Waals surface area (Å²) >= 11 is 0. The minimum absolute atomic E-state index is 0.0304. The SMILES string of the molecule is Cc1c(CN(C)C(=O)NCCCN2CCC[C@H](C(N)=O)C2)cnn1C. The van der Waals surface area contributed by atoms with Gasteiger partial charge in [0.1, 0.15) is 0 Å². The fourth-order valence-electron chi connectivity index (χ4n) is 3.15. The van der Waals surface area contributed by atoms with Gasteiger partial charge in [-0.3, -0.25) is 9.48 Å². The fourth-order valence-corrected chi connectivity index (χ4v) is 3.15. The number of piperidine rings is 1. The van der Waals surface area contributed by atoms with Crippen molar-refractivity contribution in [1.29, 1.82) is 0 Å². The van der Waals surface area contributed by atoms with Crippen molar-refractivity contribution >= 4 is 11.9 Å². The maximum atomic E-state index is 12.2. The number of nitrogens with two attached hydrogens (primary N) is 1. The van der Waals surface area contributed by atoms with E-state index in [0.29, 0.717) is 13.1 Å². The number of aromatic nitrogens is 2. The van der Waals surface area contributed by atoms with E-state index < -0.39 is 0 Å². The summed E-state index contributed by atoms with van der Waals surface area (Å²) in [6, 6.07) is -0.0862. The second kappa shape index (κ2) is 8.84. The third-order valence-electron chi connectivity index (χ3n) is 4.93. The first-order valence-corrected chi connectivity index (χ1v) is 8.86. The smallest absolute Gasteiger partial charge is 0.317 e. The summed E-state index contributed by atoms with van der Waals surface area (Å²) in [6.07, 6.45) is 4.55. The van der Waals surface area contributed by atoms with E-state index in [4.69, 9.17) is 5.73 Å². The number of rotatable bonds is 7. The number of amides is 3. The molecule has 1 fully saturated rings. The first-order chi connectivity index (χ1) is 11.9. The third kappa shape index (κ3) is 5.45. The molecule has 0 aromatic carbocycles. The van der Waals surface area contributed by atoms with Crippen molar-refractivity contribution < 1.29 is 9.59 Å². The summed E-state index contributed by atoms with van der Waals surface area (Å²) in [4.78, 5) is 27.4. The highest BCUT2D eigenvalue weighted by atomic mass is 16.2. The quantitative estimate of drug-likeness (QED) is 0.698. The summed E-state index contributed by atoms with van der Waals surface area (Å²) in [5, 5.41) is 7.14. The van der Waals surface area contributed by atoms with Gasteiger partial charge in [0, 0.05) is 38.4 Å². The number of carbonyl (C=O) groups is 2. The average molecular weight is 350 g/mol. The highest BCUT2D eigenvalue weighted by molar-refractivity contribution is 5.77. The van der Waals surface area contributed by atoms with Crippen molar-refractivity contribution in [3.05, 3.63) is 17.5 Å². The molecule has 25 heavy (non-hydrogen) atoms. The molecule has 0 saturated carbocycles. The van der Waals surface area contributed by atoms with Gasteiger partial charge < -0.3 is 20.9 Å². The maximum absolute atomic E-state index is 12.2. The molecule has 1 aromatic rings. The molecule has 3 amide bonds. The van der Waals surface area contributed by atoms with Crippen LogP contribution in [-0.2, 0) is 18.4 Å². The summed E-state index contributed by atoms with van der Waals surface area (Å²) in [5.41, 5.74) is 7.51. The Kier molecular flexibility index (Phi) is 6.81. The summed E-state index contributed by atoms with van der Waals surface area (Å²) in [5.74, 6) is -0.234. The second-order valence-electron chi connectivity index (χ2n) is 6.86.